The molecule has 0 aliphatic rings. The third-order valence-electron chi connectivity index (χ3n) is 3.58. The summed E-state index contributed by atoms with van der Waals surface area (Å²) in [6.45, 7) is 1.94. The molecule has 120 valence electrons. The van der Waals surface area contributed by atoms with E-state index in [-0.39, 0.29) is 13.0 Å². The molecular weight excluding hydrogens is 296 g/mol. The van der Waals surface area contributed by atoms with Gasteiger partial charge in [-0.3, -0.25) is 4.79 Å². The summed E-state index contributed by atoms with van der Waals surface area (Å²) in [7, 11) is 1.23. The molecule has 1 unspecified atom stereocenters. The molecule has 0 aliphatic heterocycles. The van der Waals surface area contributed by atoms with Crippen molar-refractivity contribution in [1.29, 1.82) is 5.26 Å². The van der Waals surface area contributed by atoms with E-state index in [9.17, 15) is 9.59 Å². The predicted molar refractivity (Wildman–Crippen MR) is 84.3 cm³/mol. The van der Waals surface area contributed by atoms with Crippen LogP contribution in [0.1, 0.15) is 12.5 Å². The second kappa shape index (κ2) is 7.31. The van der Waals surface area contributed by atoms with Gasteiger partial charge in [0.25, 0.3) is 5.91 Å². The molecule has 0 saturated heterocycles. The molecule has 0 saturated carbocycles. The van der Waals surface area contributed by atoms with Gasteiger partial charge < -0.3 is 15.0 Å². The average molecular weight is 314 g/mol. The number of nitriles is 1. The van der Waals surface area contributed by atoms with Gasteiger partial charge in [0.1, 0.15) is 6.04 Å². The number of H-pyrrole nitrogens is 1. The summed E-state index contributed by atoms with van der Waals surface area (Å²) < 4.78 is 4.57. The molecule has 1 heterocycles. The highest BCUT2D eigenvalue weighted by Crippen LogP contribution is 2.19. The predicted octanol–water partition coefficient (Wildman–Crippen LogP) is 1.76. The molecule has 0 spiro atoms. The Kier molecular flexibility index (Phi) is 5.20. The van der Waals surface area contributed by atoms with Crippen LogP contribution in [-0.2, 0) is 16.0 Å². The lowest BCUT2D eigenvalue weighted by Gasteiger charge is -2.20. The lowest BCUT2D eigenvalue weighted by molar-refractivity contribution is -0.130. The zero-order valence-corrected chi connectivity index (χ0v) is 13.0. The molecule has 0 aliphatic carbocycles. The van der Waals surface area contributed by atoms with Crippen LogP contribution in [0.25, 0.3) is 10.9 Å². The van der Waals surface area contributed by atoms with Gasteiger partial charge in [-0.2, -0.15) is 5.26 Å². The van der Waals surface area contributed by atoms with E-state index in [1.807, 2.05) is 30.5 Å². The molecule has 0 radical (unpaired) electrons. The minimum atomic E-state index is -0.874. The minimum Gasteiger partial charge on any atom is -0.453 e. The molecule has 1 atom stereocenters. The van der Waals surface area contributed by atoms with Gasteiger partial charge in [0.2, 0.25) is 0 Å². The van der Waals surface area contributed by atoms with Crippen molar-refractivity contribution < 1.29 is 14.3 Å². The Morgan fingerprint density at radius 2 is 2.17 bits per heavy atom. The van der Waals surface area contributed by atoms with Crippen LogP contribution in [0, 0.1) is 11.5 Å². The highest BCUT2D eigenvalue weighted by molar-refractivity contribution is 5.89. The highest BCUT2D eigenvalue weighted by Gasteiger charge is 2.26. The maximum absolute atomic E-state index is 12.4. The fourth-order valence-electron chi connectivity index (χ4n) is 2.39. The highest BCUT2D eigenvalue weighted by atomic mass is 16.5. The van der Waals surface area contributed by atoms with Gasteiger partial charge in [-0.15, -0.1) is 0 Å². The van der Waals surface area contributed by atoms with Gasteiger partial charge in [-0.1, -0.05) is 18.2 Å². The summed E-state index contributed by atoms with van der Waals surface area (Å²) in [6.07, 6.45) is 3.17. The second-order valence-corrected chi connectivity index (χ2v) is 4.93. The quantitative estimate of drug-likeness (QED) is 0.649. The van der Waals surface area contributed by atoms with Crippen LogP contribution in [0.15, 0.2) is 30.5 Å². The molecule has 1 aromatic carbocycles. The topological polar surface area (TPSA) is 98.2 Å². The summed E-state index contributed by atoms with van der Waals surface area (Å²) >= 11 is 0. The Balaban J connectivity index is 2.28. The monoisotopic (exact) mass is 314 g/mol. The Labute approximate surface area is 133 Å². The summed E-state index contributed by atoms with van der Waals surface area (Å²) in [4.78, 5) is 28.1. The number of fused-ring (bicyclic) bond motifs is 1. The molecule has 2 rings (SSSR count). The molecule has 0 fully saturated rings. The lowest BCUT2D eigenvalue weighted by Crippen LogP contribution is -2.48. The van der Waals surface area contributed by atoms with Crippen LogP contribution in [0.3, 0.4) is 0 Å². The fourth-order valence-corrected chi connectivity index (χ4v) is 2.39. The Morgan fingerprint density at radius 1 is 1.43 bits per heavy atom. The standard InChI is InChI=1S/C16H18N4O3/c1-3-20(10-17)15(21)14(19-16(22)23-2)8-11-9-18-13-7-5-4-6-12(11)13/h4-7,9,14,18H,3,8H2,1-2H3,(H,19,22). The Morgan fingerprint density at radius 3 is 2.83 bits per heavy atom. The van der Waals surface area contributed by atoms with Gasteiger partial charge in [0, 0.05) is 30.1 Å². The third kappa shape index (κ3) is 3.61. The minimum absolute atomic E-state index is 0.239. The van der Waals surface area contributed by atoms with Gasteiger partial charge in [0.05, 0.1) is 7.11 Å². The van der Waals surface area contributed by atoms with E-state index in [2.05, 4.69) is 15.0 Å². The van der Waals surface area contributed by atoms with Crippen LogP contribution < -0.4 is 5.32 Å². The number of carbonyl (C=O) groups is 2. The van der Waals surface area contributed by atoms with E-state index in [1.54, 1.807) is 13.1 Å². The number of hydrogen-bond acceptors (Lipinski definition) is 4. The van der Waals surface area contributed by atoms with Gasteiger partial charge in [-0.25, -0.2) is 9.69 Å². The smallest absolute Gasteiger partial charge is 0.407 e. The number of aromatic amines is 1. The third-order valence-corrected chi connectivity index (χ3v) is 3.58. The van der Waals surface area contributed by atoms with Crippen molar-refractivity contribution >= 4 is 22.9 Å². The number of ether oxygens (including phenoxy) is 1. The molecule has 2 aromatic rings. The number of hydrogen-bond donors (Lipinski definition) is 2. The number of aromatic nitrogens is 1. The van der Waals surface area contributed by atoms with E-state index >= 15 is 0 Å². The second-order valence-electron chi connectivity index (χ2n) is 4.93. The number of amides is 2. The fraction of sp³-hybridized carbons (Fsp3) is 0.312. The zero-order valence-electron chi connectivity index (χ0n) is 13.0. The SMILES string of the molecule is CCN(C#N)C(=O)C(Cc1c[nH]c2ccccc12)NC(=O)OC. The number of carbonyl (C=O) groups excluding carboxylic acids is 2. The number of rotatable bonds is 5. The first-order valence-electron chi connectivity index (χ1n) is 7.21. The van der Waals surface area contributed by atoms with Crippen molar-refractivity contribution in [2.75, 3.05) is 13.7 Å². The zero-order chi connectivity index (χ0) is 16.8. The average Bonchev–Trinajstić information content (AvgIpc) is 2.98. The normalized spacial score (nSPS) is 11.5. The summed E-state index contributed by atoms with van der Waals surface area (Å²) in [5.74, 6) is -0.467. The van der Waals surface area contributed by atoms with Crippen molar-refractivity contribution in [1.82, 2.24) is 15.2 Å². The maximum Gasteiger partial charge on any atom is 0.407 e. The first-order chi connectivity index (χ1) is 11.1. The lowest BCUT2D eigenvalue weighted by atomic mass is 10.0. The number of benzene rings is 1. The molecular formula is C16H18N4O3. The molecule has 2 amide bonds. The van der Waals surface area contributed by atoms with E-state index in [0.29, 0.717) is 0 Å². The maximum atomic E-state index is 12.4. The number of methoxy groups -OCH3 is 1. The van der Waals surface area contributed by atoms with Gasteiger partial charge in [0.15, 0.2) is 6.19 Å². The van der Waals surface area contributed by atoms with Crippen molar-refractivity contribution in [3.8, 4) is 6.19 Å². The molecule has 7 nitrogen and oxygen atoms in total. The largest absolute Gasteiger partial charge is 0.453 e. The van der Waals surface area contributed by atoms with Crippen molar-refractivity contribution in [2.45, 2.75) is 19.4 Å². The first kappa shape index (κ1) is 16.4. The van der Waals surface area contributed by atoms with E-state index in [1.165, 1.54) is 7.11 Å². The molecule has 7 heteroatoms. The van der Waals surface area contributed by atoms with Crippen LogP contribution in [0.2, 0.25) is 0 Å². The van der Waals surface area contributed by atoms with Crippen molar-refractivity contribution in [3.63, 3.8) is 0 Å². The molecule has 1 aromatic heterocycles. The molecule has 23 heavy (non-hydrogen) atoms. The molecule has 2 N–H and O–H groups in total. The number of likely N-dealkylation sites (N-methyl/N-ethyl adjacent to an activating group) is 1. The van der Waals surface area contributed by atoms with E-state index in [0.717, 1.165) is 21.4 Å². The summed E-state index contributed by atoms with van der Waals surface area (Å²) in [6, 6.07) is 6.80. The first-order valence-corrected chi connectivity index (χ1v) is 7.21. The van der Waals surface area contributed by atoms with Crippen LogP contribution >= 0.6 is 0 Å². The van der Waals surface area contributed by atoms with Crippen LogP contribution in [-0.4, -0.2) is 41.6 Å². The van der Waals surface area contributed by atoms with Crippen molar-refractivity contribution in [2.24, 2.45) is 0 Å². The number of para-hydroxylation sites is 1. The van der Waals surface area contributed by atoms with Crippen LogP contribution in [0.5, 0.6) is 0 Å². The van der Waals surface area contributed by atoms with Crippen molar-refractivity contribution in [3.05, 3.63) is 36.0 Å². The number of nitrogens with zero attached hydrogens (tertiary/aromatic N) is 2. The van der Waals surface area contributed by atoms with Gasteiger partial charge in [-0.05, 0) is 18.6 Å². The van der Waals surface area contributed by atoms with Gasteiger partial charge >= 0.3 is 6.09 Å². The Bertz CT molecular complexity index is 747. The van der Waals surface area contributed by atoms with E-state index < -0.39 is 18.0 Å². The molecule has 0 bridgehead atoms. The summed E-state index contributed by atoms with van der Waals surface area (Å²) in [5.41, 5.74) is 1.82. The summed E-state index contributed by atoms with van der Waals surface area (Å²) in [5, 5.41) is 12.5. The number of nitrogens with one attached hydrogen (secondary N) is 2. The Hall–Kier alpha value is -3.01. The van der Waals surface area contributed by atoms with E-state index in [4.69, 9.17) is 5.26 Å². The van der Waals surface area contributed by atoms with Crippen LogP contribution in [0.4, 0.5) is 4.79 Å². The number of alkyl carbamates (subject to hydrolysis) is 1.